The zero-order valence-electron chi connectivity index (χ0n) is 9.50. The zero-order chi connectivity index (χ0) is 12.8. The number of anilines is 1. The van der Waals surface area contributed by atoms with Gasteiger partial charge in [-0.1, -0.05) is 18.2 Å². The minimum absolute atomic E-state index is 0.0553. The molecule has 0 aliphatic heterocycles. The van der Waals surface area contributed by atoms with Crippen LogP contribution in [0.4, 0.5) is 5.00 Å². The Labute approximate surface area is 108 Å². The van der Waals surface area contributed by atoms with Gasteiger partial charge in [-0.2, -0.15) is 0 Å². The van der Waals surface area contributed by atoms with E-state index in [9.17, 15) is 4.79 Å². The number of nitrogens with one attached hydrogen (secondary N) is 1. The molecule has 0 radical (unpaired) electrons. The van der Waals surface area contributed by atoms with Crippen LogP contribution in [0, 0.1) is 0 Å². The second kappa shape index (κ2) is 6.02. The van der Waals surface area contributed by atoms with Gasteiger partial charge in [-0.25, -0.2) is 9.78 Å². The summed E-state index contributed by atoms with van der Waals surface area (Å²) in [6, 6.07) is 9.45. The van der Waals surface area contributed by atoms with E-state index >= 15 is 0 Å². The maximum absolute atomic E-state index is 10.8. The molecule has 5 nitrogen and oxygen atoms in total. The van der Waals surface area contributed by atoms with Gasteiger partial charge in [0.05, 0.1) is 5.51 Å². The Kier molecular flexibility index (Phi) is 4.14. The molecule has 0 aliphatic carbocycles. The lowest BCUT2D eigenvalue weighted by molar-refractivity contribution is 0.0692. The van der Waals surface area contributed by atoms with E-state index in [-0.39, 0.29) is 5.69 Å². The monoisotopic (exact) mass is 264 g/mol. The van der Waals surface area contributed by atoms with E-state index in [0.717, 1.165) is 5.75 Å². The number of carboxylic acids is 1. The Hall–Kier alpha value is -2.08. The van der Waals surface area contributed by atoms with Crippen LogP contribution < -0.4 is 10.1 Å². The summed E-state index contributed by atoms with van der Waals surface area (Å²) >= 11 is 1.27. The van der Waals surface area contributed by atoms with Gasteiger partial charge in [-0.3, -0.25) is 0 Å². The van der Waals surface area contributed by atoms with Gasteiger partial charge in [0.1, 0.15) is 17.4 Å². The molecule has 94 valence electrons. The number of benzene rings is 1. The van der Waals surface area contributed by atoms with Gasteiger partial charge in [-0.05, 0) is 12.1 Å². The SMILES string of the molecule is O=C(O)c1ncsc1NCCOc1ccccc1. The molecule has 0 atom stereocenters. The first-order valence-electron chi connectivity index (χ1n) is 5.36. The normalized spacial score (nSPS) is 10.0. The standard InChI is InChI=1S/C12H12N2O3S/c15-12(16)10-11(18-8-14-10)13-6-7-17-9-4-2-1-3-5-9/h1-5,8,13H,6-7H2,(H,15,16). The van der Waals surface area contributed by atoms with E-state index in [2.05, 4.69) is 10.3 Å². The molecule has 2 N–H and O–H groups in total. The molecule has 1 heterocycles. The molecule has 0 saturated carbocycles. The molecule has 18 heavy (non-hydrogen) atoms. The summed E-state index contributed by atoms with van der Waals surface area (Å²) < 4.78 is 5.48. The summed E-state index contributed by atoms with van der Waals surface area (Å²) in [6.45, 7) is 0.984. The van der Waals surface area contributed by atoms with Crippen LogP contribution in [-0.4, -0.2) is 29.2 Å². The van der Waals surface area contributed by atoms with Crippen LogP contribution in [0.5, 0.6) is 5.75 Å². The first-order valence-corrected chi connectivity index (χ1v) is 6.24. The molecule has 0 saturated heterocycles. The van der Waals surface area contributed by atoms with Gasteiger partial charge in [0.2, 0.25) is 0 Å². The third kappa shape index (κ3) is 3.21. The number of hydrogen-bond acceptors (Lipinski definition) is 5. The van der Waals surface area contributed by atoms with Gasteiger partial charge in [0.15, 0.2) is 5.69 Å². The van der Waals surface area contributed by atoms with E-state index in [1.54, 1.807) is 0 Å². The zero-order valence-corrected chi connectivity index (χ0v) is 10.3. The summed E-state index contributed by atoms with van der Waals surface area (Å²) in [5, 5.41) is 12.4. The molecule has 0 unspecified atom stereocenters. The second-order valence-electron chi connectivity index (χ2n) is 3.42. The van der Waals surface area contributed by atoms with Gasteiger partial charge >= 0.3 is 5.97 Å². The predicted octanol–water partition coefficient (Wildman–Crippen LogP) is 2.33. The number of nitrogens with zero attached hydrogens (tertiary/aromatic N) is 1. The van der Waals surface area contributed by atoms with Crippen LogP contribution in [0.3, 0.4) is 0 Å². The number of ether oxygens (including phenoxy) is 1. The second-order valence-corrected chi connectivity index (χ2v) is 4.28. The molecule has 2 aromatic rings. The first-order chi connectivity index (χ1) is 8.77. The minimum Gasteiger partial charge on any atom is -0.492 e. The lowest BCUT2D eigenvalue weighted by atomic mass is 10.3. The van der Waals surface area contributed by atoms with E-state index in [4.69, 9.17) is 9.84 Å². The smallest absolute Gasteiger partial charge is 0.357 e. The highest BCUT2D eigenvalue weighted by Crippen LogP contribution is 2.19. The maximum Gasteiger partial charge on any atom is 0.357 e. The topological polar surface area (TPSA) is 71.5 Å². The summed E-state index contributed by atoms with van der Waals surface area (Å²) in [7, 11) is 0. The van der Waals surface area contributed by atoms with E-state index < -0.39 is 5.97 Å². The Balaban J connectivity index is 1.79. The molecular weight excluding hydrogens is 252 g/mol. The van der Waals surface area contributed by atoms with E-state index in [0.29, 0.717) is 18.2 Å². The van der Waals surface area contributed by atoms with Crippen molar-refractivity contribution in [1.29, 1.82) is 0 Å². The minimum atomic E-state index is -1.03. The average molecular weight is 264 g/mol. The van der Waals surface area contributed by atoms with Crippen molar-refractivity contribution in [2.75, 3.05) is 18.5 Å². The summed E-state index contributed by atoms with van der Waals surface area (Å²) in [6.07, 6.45) is 0. The molecule has 0 amide bonds. The first kappa shape index (κ1) is 12.4. The van der Waals surface area contributed by atoms with Crippen molar-refractivity contribution in [3.63, 3.8) is 0 Å². The number of carboxylic acid groups (broad SMARTS) is 1. The molecule has 1 aromatic heterocycles. The lowest BCUT2D eigenvalue weighted by Crippen LogP contribution is -2.12. The van der Waals surface area contributed by atoms with Gasteiger partial charge < -0.3 is 15.2 Å². The van der Waals surface area contributed by atoms with E-state index in [1.807, 2.05) is 30.3 Å². The Morgan fingerprint density at radius 2 is 2.17 bits per heavy atom. The maximum atomic E-state index is 10.8. The van der Waals surface area contributed by atoms with Crippen molar-refractivity contribution < 1.29 is 14.6 Å². The fraction of sp³-hybridized carbons (Fsp3) is 0.167. The molecule has 1 aromatic carbocycles. The number of aromatic carboxylic acids is 1. The summed E-state index contributed by atoms with van der Waals surface area (Å²) in [5.41, 5.74) is 1.56. The quantitative estimate of drug-likeness (QED) is 0.783. The fourth-order valence-corrected chi connectivity index (χ4v) is 2.07. The summed E-state index contributed by atoms with van der Waals surface area (Å²) in [4.78, 5) is 14.6. The molecular formula is C12H12N2O3S. The van der Waals surface area contributed by atoms with Gasteiger partial charge in [0.25, 0.3) is 0 Å². The predicted molar refractivity (Wildman–Crippen MR) is 69.5 cm³/mol. The number of thiazole rings is 1. The number of hydrogen-bond donors (Lipinski definition) is 2. The average Bonchev–Trinajstić information content (AvgIpc) is 2.84. The largest absolute Gasteiger partial charge is 0.492 e. The molecule has 0 aliphatic rings. The number of aromatic nitrogens is 1. The lowest BCUT2D eigenvalue weighted by Gasteiger charge is -2.07. The molecule has 2 rings (SSSR count). The van der Waals surface area contributed by atoms with Crippen LogP contribution in [0.25, 0.3) is 0 Å². The van der Waals surface area contributed by atoms with Crippen molar-refractivity contribution in [2.24, 2.45) is 0 Å². The van der Waals surface area contributed by atoms with Gasteiger partial charge in [0, 0.05) is 6.54 Å². The van der Waals surface area contributed by atoms with Crippen LogP contribution in [0.1, 0.15) is 10.5 Å². The van der Waals surface area contributed by atoms with Crippen molar-refractivity contribution in [3.8, 4) is 5.75 Å². The van der Waals surface area contributed by atoms with Crippen LogP contribution in [0.15, 0.2) is 35.8 Å². The Bertz CT molecular complexity index is 513. The third-order valence-electron chi connectivity index (χ3n) is 2.17. The number of carbonyl (C=O) groups is 1. The Morgan fingerprint density at radius 3 is 2.89 bits per heavy atom. The molecule has 6 heteroatoms. The van der Waals surface area contributed by atoms with Crippen LogP contribution >= 0.6 is 11.3 Å². The number of rotatable bonds is 6. The fourth-order valence-electron chi connectivity index (χ4n) is 1.37. The highest BCUT2D eigenvalue weighted by molar-refractivity contribution is 7.14. The van der Waals surface area contributed by atoms with Crippen molar-refractivity contribution in [2.45, 2.75) is 0 Å². The van der Waals surface area contributed by atoms with E-state index in [1.165, 1.54) is 16.8 Å². The molecule has 0 fully saturated rings. The van der Waals surface area contributed by atoms with Crippen LogP contribution in [0.2, 0.25) is 0 Å². The Morgan fingerprint density at radius 1 is 1.39 bits per heavy atom. The molecule has 0 bridgehead atoms. The highest BCUT2D eigenvalue weighted by Gasteiger charge is 2.12. The van der Waals surface area contributed by atoms with Crippen molar-refractivity contribution in [3.05, 3.63) is 41.5 Å². The van der Waals surface area contributed by atoms with Crippen LogP contribution in [-0.2, 0) is 0 Å². The highest BCUT2D eigenvalue weighted by atomic mass is 32.1. The number of para-hydroxylation sites is 1. The van der Waals surface area contributed by atoms with Crippen molar-refractivity contribution in [1.82, 2.24) is 4.98 Å². The van der Waals surface area contributed by atoms with Gasteiger partial charge in [-0.15, -0.1) is 11.3 Å². The van der Waals surface area contributed by atoms with Crippen molar-refractivity contribution >= 4 is 22.3 Å². The summed E-state index contributed by atoms with van der Waals surface area (Å²) in [5.74, 6) is -0.232. The third-order valence-corrected chi connectivity index (χ3v) is 2.95. The molecule has 0 spiro atoms.